The van der Waals surface area contributed by atoms with E-state index in [4.69, 9.17) is 4.99 Å². The van der Waals surface area contributed by atoms with Gasteiger partial charge < -0.3 is 10.2 Å². The lowest BCUT2D eigenvalue weighted by Gasteiger charge is -2.37. The Balaban J connectivity index is 1.46. The van der Waals surface area contributed by atoms with Crippen LogP contribution in [0.2, 0.25) is 0 Å². The number of aryl methyl sites for hydroxylation is 1. The van der Waals surface area contributed by atoms with Crippen LogP contribution in [0, 0.1) is 6.92 Å². The van der Waals surface area contributed by atoms with Crippen molar-refractivity contribution >= 4 is 5.84 Å². The Kier molecular flexibility index (Phi) is 4.53. The van der Waals surface area contributed by atoms with Gasteiger partial charge in [-0.05, 0) is 61.6 Å². The van der Waals surface area contributed by atoms with Crippen molar-refractivity contribution in [1.82, 2.24) is 20.2 Å². The molecule has 0 spiro atoms. The number of hydrogen-bond acceptors (Lipinski definition) is 5. The van der Waals surface area contributed by atoms with Crippen molar-refractivity contribution in [2.75, 3.05) is 0 Å². The van der Waals surface area contributed by atoms with Crippen LogP contribution in [0.25, 0.3) is 0 Å². The van der Waals surface area contributed by atoms with E-state index in [1.807, 2.05) is 30.7 Å². The largest absolute Gasteiger partial charge is 0.324 e. The molecule has 5 rings (SSSR count). The molecule has 0 aliphatic carbocycles. The van der Waals surface area contributed by atoms with Crippen molar-refractivity contribution in [3.05, 3.63) is 84.1 Å². The Morgan fingerprint density at radius 3 is 2.89 bits per heavy atom. The molecule has 2 aromatic heterocycles. The van der Waals surface area contributed by atoms with Crippen LogP contribution in [0.3, 0.4) is 0 Å². The molecule has 3 aliphatic rings. The van der Waals surface area contributed by atoms with Crippen LogP contribution in [0.1, 0.15) is 48.2 Å². The zero-order valence-electron chi connectivity index (χ0n) is 16.1. The topological polar surface area (TPSA) is 53.4 Å². The molecule has 28 heavy (non-hydrogen) atoms. The van der Waals surface area contributed by atoms with Gasteiger partial charge >= 0.3 is 0 Å². The minimum atomic E-state index is 0.151. The highest BCUT2D eigenvalue weighted by Gasteiger charge is 2.42. The molecule has 5 heterocycles. The smallest absolute Gasteiger partial charge is 0.128 e. The van der Waals surface area contributed by atoms with E-state index in [2.05, 4.69) is 63.7 Å². The lowest BCUT2D eigenvalue weighted by atomic mass is 9.86. The molecular weight excluding hydrogens is 346 g/mol. The van der Waals surface area contributed by atoms with Gasteiger partial charge in [0.1, 0.15) is 5.84 Å². The summed E-state index contributed by atoms with van der Waals surface area (Å²) in [5.41, 5.74) is 3.64. The van der Waals surface area contributed by atoms with Gasteiger partial charge in [-0.1, -0.05) is 18.2 Å². The van der Waals surface area contributed by atoms with E-state index in [0.717, 1.165) is 18.7 Å². The second-order valence-corrected chi connectivity index (χ2v) is 7.78. The average Bonchev–Trinajstić information content (AvgIpc) is 3.14. The van der Waals surface area contributed by atoms with Gasteiger partial charge in [-0.25, -0.2) is 0 Å². The number of pyridine rings is 2. The fourth-order valence-corrected chi connectivity index (χ4v) is 4.71. The molecular formula is C23H25N5. The number of hydrogen-bond donors (Lipinski definition) is 1. The molecule has 5 heteroatoms. The molecule has 0 amide bonds. The van der Waals surface area contributed by atoms with Gasteiger partial charge in [-0.3, -0.25) is 15.0 Å². The van der Waals surface area contributed by atoms with Crippen molar-refractivity contribution in [3.8, 4) is 0 Å². The van der Waals surface area contributed by atoms with E-state index >= 15 is 0 Å². The van der Waals surface area contributed by atoms with Crippen LogP contribution in [-0.4, -0.2) is 32.8 Å². The van der Waals surface area contributed by atoms with Crippen LogP contribution in [0.15, 0.2) is 72.3 Å². The first-order chi connectivity index (χ1) is 13.8. The standard InChI is InChI=1S/C23H25N5/c1-16-7-5-13-25-21(16)18-9-4-10-19(26-18)22-23(17-8-6-12-24-15-17)28-14-3-2-11-20(28)27-22/h2-3,5-8,11-15,18-19,22-23,26H,4,9-10H2,1H3/t18-,19+,22?,23?/m0/s1. The van der Waals surface area contributed by atoms with Crippen molar-refractivity contribution in [3.63, 3.8) is 0 Å². The summed E-state index contributed by atoms with van der Waals surface area (Å²) < 4.78 is 0. The van der Waals surface area contributed by atoms with Crippen molar-refractivity contribution < 1.29 is 0 Å². The van der Waals surface area contributed by atoms with Gasteiger partial charge in [0.2, 0.25) is 0 Å². The number of fused-ring (bicyclic) bond motifs is 1. The second kappa shape index (κ2) is 7.32. The number of nitrogens with zero attached hydrogens (tertiary/aromatic N) is 4. The summed E-state index contributed by atoms with van der Waals surface area (Å²) in [4.78, 5) is 16.5. The van der Waals surface area contributed by atoms with Gasteiger partial charge in [0.25, 0.3) is 0 Å². The molecule has 142 valence electrons. The van der Waals surface area contributed by atoms with Gasteiger partial charge in [0.05, 0.1) is 23.8 Å². The predicted molar refractivity (Wildman–Crippen MR) is 111 cm³/mol. The van der Waals surface area contributed by atoms with E-state index in [9.17, 15) is 0 Å². The molecule has 0 bridgehead atoms. The first kappa shape index (κ1) is 17.3. The summed E-state index contributed by atoms with van der Waals surface area (Å²) in [6.07, 6.45) is 17.5. The highest BCUT2D eigenvalue weighted by atomic mass is 15.3. The van der Waals surface area contributed by atoms with E-state index in [0.29, 0.717) is 12.1 Å². The third-order valence-electron chi connectivity index (χ3n) is 6.01. The predicted octanol–water partition coefficient (Wildman–Crippen LogP) is 3.88. The summed E-state index contributed by atoms with van der Waals surface area (Å²) in [6, 6.07) is 9.27. The maximum Gasteiger partial charge on any atom is 0.128 e. The zero-order valence-corrected chi connectivity index (χ0v) is 16.1. The average molecular weight is 371 g/mol. The number of allylic oxidation sites excluding steroid dienone is 2. The van der Waals surface area contributed by atoms with Crippen LogP contribution in [-0.2, 0) is 0 Å². The maximum atomic E-state index is 5.14. The molecule has 2 aromatic rings. The van der Waals surface area contributed by atoms with Gasteiger partial charge in [-0.15, -0.1) is 0 Å². The van der Waals surface area contributed by atoms with Gasteiger partial charge in [-0.2, -0.15) is 0 Å². The zero-order chi connectivity index (χ0) is 18.9. The minimum absolute atomic E-state index is 0.151. The Hall–Kier alpha value is -2.79. The Morgan fingerprint density at radius 1 is 1.11 bits per heavy atom. The number of aliphatic imine (C=N–C) groups is 1. The summed E-state index contributed by atoms with van der Waals surface area (Å²) in [6.45, 7) is 2.15. The Bertz CT molecular complexity index is 933. The Morgan fingerprint density at radius 2 is 2.04 bits per heavy atom. The summed E-state index contributed by atoms with van der Waals surface area (Å²) in [7, 11) is 0. The van der Waals surface area contributed by atoms with E-state index in [1.54, 1.807) is 0 Å². The molecule has 3 aliphatic heterocycles. The maximum absolute atomic E-state index is 5.14. The molecule has 0 saturated carbocycles. The molecule has 1 N–H and O–H groups in total. The van der Waals surface area contributed by atoms with Crippen molar-refractivity contribution in [2.24, 2.45) is 4.99 Å². The fraction of sp³-hybridized carbons (Fsp3) is 0.348. The second-order valence-electron chi connectivity index (χ2n) is 7.78. The van der Waals surface area contributed by atoms with Crippen LogP contribution in [0.4, 0.5) is 0 Å². The van der Waals surface area contributed by atoms with Gasteiger partial charge in [0, 0.05) is 30.8 Å². The SMILES string of the molecule is Cc1cccnc1[C@@H]1CCC[C@H](C2N=C3C=CC=CN3C2c2cccnc2)N1. The molecule has 5 nitrogen and oxygen atoms in total. The number of amidine groups is 1. The molecule has 1 fully saturated rings. The summed E-state index contributed by atoms with van der Waals surface area (Å²) in [5.74, 6) is 1.04. The van der Waals surface area contributed by atoms with Crippen LogP contribution >= 0.6 is 0 Å². The van der Waals surface area contributed by atoms with Crippen LogP contribution < -0.4 is 5.32 Å². The van der Waals surface area contributed by atoms with E-state index < -0.39 is 0 Å². The van der Waals surface area contributed by atoms with Crippen LogP contribution in [0.5, 0.6) is 0 Å². The third-order valence-corrected chi connectivity index (χ3v) is 6.01. The minimum Gasteiger partial charge on any atom is -0.324 e. The number of aromatic nitrogens is 2. The molecule has 0 radical (unpaired) electrons. The third kappa shape index (κ3) is 3.06. The van der Waals surface area contributed by atoms with Crippen molar-refractivity contribution in [1.29, 1.82) is 0 Å². The molecule has 0 aromatic carbocycles. The number of nitrogens with one attached hydrogen (secondary N) is 1. The monoisotopic (exact) mass is 371 g/mol. The Labute approximate surface area is 165 Å². The first-order valence-corrected chi connectivity index (χ1v) is 10.1. The summed E-state index contributed by atoms with van der Waals surface area (Å²) >= 11 is 0. The van der Waals surface area contributed by atoms with Gasteiger partial charge in [0.15, 0.2) is 0 Å². The van der Waals surface area contributed by atoms with Crippen molar-refractivity contribution in [2.45, 2.75) is 50.4 Å². The number of piperidine rings is 1. The lowest BCUT2D eigenvalue weighted by molar-refractivity contribution is 0.246. The fourth-order valence-electron chi connectivity index (χ4n) is 4.71. The first-order valence-electron chi connectivity index (χ1n) is 10.1. The molecule has 2 unspecified atom stereocenters. The normalized spacial score (nSPS) is 28.9. The van der Waals surface area contributed by atoms with E-state index in [1.165, 1.54) is 23.2 Å². The number of rotatable bonds is 3. The van der Waals surface area contributed by atoms with E-state index in [-0.39, 0.29) is 12.1 Å². The highest BCUT2D eigenvalue weighted by molar-refractivity contribution is 5.96. The summed E-state index contributed by atoms with van der Waals surface area (Å²) in [5, 5.41) is 3.90. The quantitative estimate of drug-likeness (QED) is 0.890. The highest BCUT2D eigenvalue weighted by Crippen LogP contribution is 2.39. The molecule has 1 saturated heterocycles. The molecule has 4 atom stereocenters. The lowest BCUT2D eigenvalue weighted by Crippen LogP contribution is -2.47.